The first-order chi connectivity index (χ1) is 4.29. The van der Waals surface area contributed by atoms with Crippen molar-refractivity contribution in [3.8, 4) is 0 Å². The molecule has 0 spiro atoms. The number of aliphatic hydroxyl groups is 1. The summed E-state index contributed by atoms with van der Waals surface area (Å²) in [7, 11) is 2.11. The zero-order chi connectivity index (χ0) is 6.43. The molecule has 0 aromatic rings. The molecule has 2 heterocycles. The number of nitrogens with zero attached hydrogens (tertiary/aromatic N) is 1. The maximum absolute atomic E-state index is 9.34. The zero-order valence-electron chi connectivity index (χ0n) is 5.75. The largest absolute Gasteiger partial charge is 0.391 e. The van der Waals surface area contributed by atoms with Crippen LogP contribution < -0.4 is 0 Å². The van der Waals surface area contributed by atoms with Crippen LogP contribution in [0.15, 0.2) is 0 Å². The van der Waals surface area contributed by atoms with Crippen molar-refractivity contribution in [3.05, 3.63) is 0 Å². The van der Waals surface area contributed by atoms with E-state index < -0.39 is 0 Å². The van der Waals surface area contributed by atoms with Crippen molar-refractivity contribution < 1.29 is 5.11 Å². The number of hydrogen-bond donors (Lipinski definition) is 1. The van der Waals surface area contributed by atoms with Crippen LogP contribution in [0.5, 0.6) is 0 Å². The molecule has 3 aliphatic rings. The van der Waals surface area contributed by atoms with Gasteiger partial charge in [-0.2, -0.15) is 0 Å². The van der Waals surface area contributed by atoms with E-state index in [1.165, 1.54) is 12.8 Å². The third kappa shape index (κ3) is 0.634. The van der Waals surface area contributed by atoms with Crippen LogP contribution in [-0.4, -0.2) is 35.2 Å². The summed E-state index contributed by atoms with van der Waals surface area (Å²) < 4.78 is 0. The Balaban J connectivity index is 2.06. The fourth-order valence-electron chi connectivity index (χ4n) is 2.05. The van der Waals surface area contributed by atoms with Crippen molar-refractivity contribution >= 4 is 0 Å². The Morgan fingerprint density at radius 3 is 2.56 bits per heavy atom. The lowest BCUT2D eigenvalue weighted by Gasteiger charge is -2.53. The number of hydrogen-bond acceptors (Lipinski definition) is 2. The molecular weight excluding hydrogens is 114 g/mol. The SMILES string of the molecule is CN1C2CCC(O)C1C2. The third-order valence-electron chi connectivity index (χ3n) is 2.85. The maximum Gasteiger partial charge on any atom is 0.0696 e. The van der Waals surface area contributed by atoms with Crippen LogP contribution in [0.2, 0.25) is 0 Å². The Morgan fingerprint density at radius 1 is 1.44 bits per heavy atom. The van der Waals surface area contributed by atoms with Crippen LogP contribution in [0.1, 0.15) is 19.3 Å². The molecule has 2 aliphatic heterocycles. The first-order valence-electron chi connectivity index (χ1n) is 3.69. The predicted octanol–water partition coefficient (Wildman–Crippen LogP) is 0.214. The van der Waals surface area contributed by atoms with Gasteiger partial charge in [-0.1, -0.05) is 0 Å². The van der Waals surface area contributed by atoms with Crippen molar-refractivity contribution in [3.63, 3.8) is 0 Å². The van der Waals surface area contributed by atoms with Crippen molar-refractivity contribution in [2.75, 3.05) is 7.05 Å². The van der Waals surface area contributed by atoms with Gasteiger partial charge in [0.25, 0.3) is 0 Å². The Morgan fingerprint density at radius 2 is 2.22 bits per heavy atom. The summed E-state index contributed by atoms with van der Waals surface area (Å²) >= 11 is 0. The minimum atomic E-state index is -0.0278. The van der Waals surface area contributed by atoms with Crippen molar-refractivity contribution in [2.24, 2.45) is 0 Å². The topological polar surface area (TPSA) is 23.5 Å². The van der Waals surface area contributed by atoms with Gasteiger partial charge in [0.1, 0.15) is 0 Å². The highest BCUT2D eigenvalue weighted by Gasteiger charge is 2.43. The van der Waals surface area contributed by atoms with Gasteiger partial charge in [0.05, 0.1) is 6.10 Å². The Kier molecular flexibility index (Phi) is 1.08. The normalized spacial score (nSPS) is 50.7. The second-order valence-corrected chi connectivity index (χ2v) is 3.27. The number of aliphatic hydroxyl groups excluding tert-OH is 1. The molecule has 3 rings (SSSR count). The summed E-state index contributed by atoms with van der Waals surface area (Å²) in [5.41, 5.74) is 0. The fourth-order valence-corrected chi connectivity index (χ4v) is 2.05. The molecule has 0 aromatic heterocycles. The summed E-state index contributed by atoms with van der Waals surface area (Å²) in [6.45, 7) is 0. The molecule has 3 unspecified atom stereocenters. The molecule has 9 heavy (non-hydrogen) atoms. The number of likely N-dealkylation sites (N-methyl/N-ethyl adjacent to an activating group) is 1. The summed E-state index contributed by atoms with van der Waals surface area (Å²) in [4.78, 5) is 2.30. The van der Waals surface area contributed by atoms with Crippen LogP contribution in [-0.2, 0) is 0 Å². The van der Waals surface area contributed by atoms with Gasteiger partial charge in [-0.25, -0.2) is 0 Å². The highest BCUT2D eigenvalue weighted by atomic mass is 16.3. The highest BCUT2D eigenvalue weighted by Crippen LogP contribution is 2.36. The van der Waals surface area contributed by atoms with Gasteiger partial charge < -0.3 is 5.11 Å². The fraction of sp³-hybridized carbons (Fsp3) is 1.00. The third-order valence-corrected chi connectivity index (χ3v) is 2.85. The van der Waals surface area contributed by atoms with Gasteiger partial charge in [0.15, 0.2) is 0 Å². The van der Waals surface area contributed by atoms with Crippen molar-refractivity contribution in [1.29, 1.82) is 0 Å². The molecule has 1 aliphatic carbocycles. The molecule has 3 fully saturated rings. The Labute approximate surface area is 55.5 Å². The molecule has 2 nitrogen and oxygen atoms in total. The van der Waals surface area contributed by atoms with E-state index in [-0.39, 0.29) is 6.10 Å². The van der Waals surface area contributed by atoms with Gasteiger partial charge in [-0.05, 0) is 26.3 Å². The molecule has 2 bridgehead atoms. The lowest BCUT2D eigenvalue weighted by atomic mass is 9.78. The van der Waals surface area contributed by atoms with Crippen molar-refractivity contribution in [1.82, 2.24) is 4.90 Å². The Bertz CT molecular complexity index is 120. The van der Waals surface area contributed by atoms with Gasteiger partial charge in [-0.15, -0.1) is 0 Å². The average molecular weight is 127 g/mol. The van der Waals surface area contributed by atoms with Crippen LogP contribution >= 0.6 is 0 Å². The number of fused-ring (bicyclic) bond motifs is 2. The van der Waals surface area contributed by atoms with Crippen LogP contribution in [0.25, 0.3) is 0 Å². The summed E-state index contributed by atoms with van der Waals surface area (Å²) in [6, 6.07) is 1.31. The number of rotatable bonds is 0. The maximum atomic E-state index is 9.34. The van der Waals surface area contributed by atoms with Crippen LogP contribution in [0.4, 0.5) is 0 Å². The summed E-state index contributed by atoms with van der Waals surface area (Å²) in [5.74, 6) is 0. The van der Waals surface area contributed by atoms with E-state index in [0.29, 0.717) is 6.04 Å². The predicted molar refractivity (Wildman–Crippen MR) is 35.2 cm³/mol. The zero-order valence-corrected chi connectivity index (χ0v) is 5.75. The molecule has 0 radical (unpaired) electrons. The molecule has 1 saturated carbocycles. The van der Waals surface area contributed by atoms with E-state index in [1.54, 1.807) is 0 Å². The first kappa shape index (κ1) is 5.69. The van der Waals surface area contributed by atoms with E-state index in [1.807, 2.05) is 0 Å². The molecule has 0 amide bonds. The number of piperidine rings is 1. The molecule has 2 heteroatoms. The van der Waals surface area contributed by atoms with E-state index in [4.69, 9.17) is 0 Å². The van der Waals surface area contributed by atoms with E-state index in [0.717, 1.165) is 12.5 Å². The molecule has 2 saturated heterocycles. The Hall–Kier alpha value is -0.0800. The smallest absolute Gasteiger partial charge is 0.0696 e. The van der Waals surface area contributed by atoms with Crippen molar-refractivity contribution in [2.45, 2.75) is 37.5 Å². The first-order valence-corrected chi connectivity index (χ1v) is 3.69. The van der Waals surface area contributed by atoms with Gasteiger partial charge >= 0.3 is 0 Å². The van der Waals surface area contributed by atoms with Crippen LogP contribution in [0.3, 0.4) is 0 Å². The van der Waals surface area contributed by atoms with Gasteiger partial charge in [0, 0.05) is 12.1 Å². The monoisotopic (exact) mass is 127 g/mol. The molecule has 1 N–H and O–H groups in total. The lowest BCUT2D eigenvalue weighted by molar-refractivity contribution is -0.0878. The van der Waals surface area contributed by atoms with Crippen LogP contribution in [0, 0.1) is 0 Å². The molecule has 3 atom stereocenters. The summed E-state index contributed by atoms with van der Waals surface area (Å²) in [6.07, 6.45) is 3.44. The highest BCUT2D eigenvalue weighted by molar-refractivity contribution is 4.99. The van der Waals surface area contributed by atoms with E-state index in [2.05, 4.69) is 11.9 Å². The molecule has 0 aromatic carbocycles. The standard InChI is InChI=1S/C7H13NO/c1-8-5-2-3-7(9)6(8)4-5/h5-7,9H,2-4H2,1H3. The minimum absolute atomic E-state index is 0.0278. The minimum Gasteiger partial charge on any atom is -0.391 e. The average Bonchev–Trinajstić information content (AvgIpc) is 1.86. The quantitative estimate of drug-likeness (QED) is 0.503. The van der Waals surface area contributed by atoms with Gasteiger partial charge in [0.2, 0.25) is 0 Å². The summed E-state index contributed by atoms with van der Waals surface area (Å²) in [5, 5.41) is 9.34. The lowest BCUT2D eigenvalue weighted by Crippen LogP contribution is -2.62. The van der Waals surface area contributed by atoms with E-state index >= 15 is 0 Å². The molecular formula is C7H13NO. The van der Waals surface area contributed by atoms with Gasteiger partial charge in [-0.3, -0.25) is 4.90 Å². The molecule has 52 valence electrons. The second-order valence-electron chi connectivity index (χ2n) is 3.27. The van der Waals surface area contributed by atoms with E-state index in [9.17, 15) is 5.11 Å². The second kappa shape index (κ2) is 1.70.